The lowest BCUT2D eigenvalue weighted by Gasteiger charge is -2.24. The smallest absolute Gasteiger partial charge is 0.294 e. The van der Waals surface area contributed by atoms with Gasteiger partial charge in [0.15, 0.2) is 5.78 Å². The van der Waals surface area contributed by atoms with E-state index in [0.717, 1.165) is 22.2 Å². The highest BCUT2D eigenvalue weighted by Crippen LogP contribution is 2.32. The highest BCUT2D eigenvalue weighted by molar-refractivity contribution is 9.10. The molecule has 5 heteroatoms. The van der Waals surface area contributed by atoms with Gasteiger partial charge in [-0.2, -0.15) is 13.2 Å². The highest BCUT2D eigenvalue weighted by atomic mass is 79.9. The van der Waals surface area contributed by atoms with Crippen molar-refractivity contribution >= 4 is 21.7 Å². The van der Waals surface area contributed by atoms with Gasteiger partial charge in [-0.1, -0.05) is 60.1 Å². The van der Waals surface area contributed by atoms with E-state index in [4.69, 9.17) is 0 Å². The van der Waals surface area contributed by atoms with Crippen LogP contribution in [0.2, 0.25) is 0 Å². The Labute approximate surface area is 141 Å². The van der Waals surface area contributed by atoms with E-state index in [9.17, 15) is 18.0 Å². The van der Waals surface area contributed by atoms with Gasteiger partial charge in [0.05, 0.1) is 5.56 Å². The molecular weight excluding hydrogens is 369 g/mol. The molecule has 0 atom stereocenters. The van der Waals surface area contributed by atoms with Crippen molar-refractivity contribution in [1.29, 1.82) is 0 Å². The van der Waals surface area contributed by atoms with Crippen LogP contribution in [0.1, 0.15) is 35.3 Å². The fourth-order valence-corrected chi connectivity index (χ4v) is 2.82. The summed E-state index contributed by atoms with van der Waals surface area (Å²) in [5, 5.41) is 0. The fourth-order valence-electron chi connectivity index (χ4n) is 2.40. The summed E-state index contributed by atoms with van der Waals surface area (Å²) in [7, 11) is 0. The zero-order valence-corrected chi connectivity index (χ0v) is 14.3. The van der Waals surface area contributed by atoms with E-state index in [1.54, 1.807) is 13.8 Å². The summed E-state index contributed by atoms with van der Waals surface area (Å²) >= 11 is 3.45. The largest absolute Gasteiger partial charge is 0.416 e. The predicted molar refractivity (Wildman–Crippen MR) is 87.4 cm³/mol. The van der Waals surface area contributed by atoms with Gasteiger partial charge in [-0.25, -0.2) is 0 Å². The molecule has 0 fully saturated rings. The number of hydrogen-bond acceptors (Lipinski definition) is 1. The van der Waals surface area contributed by atoms with Gasteiger partial charge in [0, 0.05) is 15.5 Å². The third kappa shape index (κ3) is 4.22. The summed E-state index contributed by atoms with van der Waals surface area (Å²) in [5.41, 5.74) is -0.200. The van der Waals surface area contributed by atoms with Crippen LogP contribution in [0.4, 0.5) is 13.2 Å². The van der Waals surface area contributed by atoms with E-state index in [-0.39, 0.29) is 11.3 Å². The Hall–Kier alpha value is -1.62. The molecule has 0 N–H and O–H groups in total. The van der Waals surface area contributed by atoms with Crippen molar-refractivity contribution in [2.75, 3.05) is 0 Å². The molecule has 23 heavy (non-hydrogen) atoms. The third-order valence-corrected chi connectivity index (χ3v) is 4.45. The molecule has 0 bridgehead atoms. The summed E-state index contributed by atoms with van der Waals surface area (Å²) in [5.74, 6) is -0.179. The van der Waals surface area contributed by atoms with Crippen molar-refractivity contribution in [1.82, 2.24) is 0 Å². The highest BCUT2D eigenvalue weighted by Gasteiger charge is 2.32. The Bertz CT molecular complexity index is 703. The van der Waals surface area contributed by atoms with Crippen LogP contribution in [0.5, 0.6) is 0 Å². The Kier molecular flexibility index (Phi) is 4.99. The molecule has 0 amide bonds. The molecule has 122 valence electrons. The molecule has 0 aromatic heterocycles. The topological polar surface area (TPSA) is 17.1 Å². The van der Waals surface area contributed by atoms with E-state index < -0.39 is 17.2 Å². The molecule has 2 aromatic carbocycles. The Morgan fingerprint density at radius 3 is 2.09 bits per heavy atom. The average Bonchev–Trinajstić information content (AvgIpc) is 2.48. The first-order chi connectivity index (χ1) is 10.6. The molecule has 0 radical (unpaired) electrons. The van der Waals surface area contributed by atoms with E-state index in [1.807, 2.05) is 24.3 Å². The Morgan fingerprint density at radius 1 is 1.00 bits per heavy atom. The molecule has 2 aromatic rings. The Balaban J connectivity index is 2.23. The summed E-state index contributed by atoms with van der Waals surface area (Å²) in [6.07, 6.45) is -3.90. The normalized spacial score (nSPS) is 12.3. The molecule has 0 unspecified atom stereocenters. The van der Waals surface area contributed by atoms with Gasteiger partial charge in [-0.05, 0) is 30.2 Å². The monoisotopic (exact) mass is 384 g/mol. The number of Topliss-reactive ketones (excluding diaryl/α,β-unsaturated/α-hetero) is 1. The lowest BCUT2D eigenvalue weighted by Crippen LogP contribution is -2.27. The van der Waals surface area contributed by atoms with E-state index in [2.05, 4.69) is 15.9 Å². The van der Waals surface area contributed by atoms with Crippen LogP contribution < -0.4 is 0 Å². The molecule has 0 aliphatic carbocycles. The summed E-state index contributed by atoms with van der Waals surface area (Å²) in [6, 6.07) is 12.0. The molecule has 0 saturated carbocycles. The molecule has 0 aliphatic heterocycles. The zero-order valence-electron chi connectivity index (χ0n) is 12.7. The summed E-state index contributed by atoms with van der Waals surface area (Å²) in [6.45, 7) is 3.60. The minimum absolute atomic E-state index is 0.179. The third-order valence-electron chi connectivity index (χ3n) is 3.68. The van der Waals surface area contributed by atoms with Crippen molar-refractivity contribution in [2.45, 2.75) is 26.4 Å². The number of benzene rings is 2. The second kappa shape index (κ2) is 6.48. The quantitative estimate of drug-likeness (QED) is 0.597. The van der Waals surface area contributed by atoms with E-state index >= 15 is 0 Å². The number of carbonyl (C=O) groups is 1. The Morgan fingerprint density at radius 2 is 1.57 bits per heavy atom. The van der Waals surface area contributed by atoms with Crippen LogP contribution in [0.3, 0.4) is 0 Å². The van der Waals surface area contributed by atoms with Crippen LogP contribution in [0.25, 0.3) is 0 Å². The number of hydrogen-bond donors (Lipinski definition) is 0. The van der Waals surface area contributed by atoms with Gasteiger partial charge in [0.1, 0.15) is 0 Å². The van der Waals surface area contributed by atoms with E-state index in [1.165, 1.54) is 12.1 Å². The molecule has 0 spiro atoms. The van der Waals surface area contributed by atoms with Crippen LogP contribution in [0.15, 0.2) is 53.0 Å². The average molecular weight is 385 g/mol. The van der Waals surface area contributed by atoms with Gasteiger partial charge in [0.2, 0.25) is 0 Å². The minimum atomic E-state index is -4.40. The predicted octanol–water partition coefficient (Wildman–Crippen LogP) is 5.92. The van der Waals surface area contributed by atoms with Gasteiger partial charge in [-0.3, -0.25) is 4.79 Å². The number of rotatable bonds is 4. The standard InChI is InChI=1S/C18H16BrF3O/c1-17(2,11-13-5-3-4-6-15(13)19)16(23)12-7-9-14(10-8-12)18(20,21)22/h3-10H,11H2,1-2H3. The van der Waals surface area contributed by atoms with Crippen LogP contribution in [-0.4, -0.2) is 5.78 Å². The lowest BCUT2D eigenvalue weighted by molar-refractivity contribution is -0.137. The van der Waals surface area contributed by atoms with Gasteiger partial charge in [0.25, 0.3) is 0 Å². The summed E-state index contributed by atoms with van der Waals surface area (Å²) < 4.78 is 38.7. The molecule has 0 heterocycles. The van der Waals surface area contributed by atoms with Crippen molar-refractivity contribution in [2.24, 2.45) is 5.41 Å². The molecule has 2 rings (SSSR count). The van der Waals surface area contributed by atoms with Crippen LogP contribution in [-0.2, 0) is 12.6 Å². The van der Waals surface area contributed by atoms with Crippen molar-refractivity contribution < 1.29 is 18.0 Å². The molecular formula is C18H16BrF3O. The lowest BCUT2D eigenvalue weighted by atomic mass is 9.79. The zero-order chi connectivity index (χ0) is 17.3. The van der Waals surface area contributed by atoms with Crippen LogP contribution >= 0.6 is 15.9 Å². The van der Waals surface area contributed by atoms with Crippen molar-refractivity contribution in [3.05, 3.63) is 69.7 Å². The molecule has 1 nitrogen and oxygen atoms in total. The van der Waals surface area contributed by atoms with Crippen LogP contribution in [0, 0.1) is 5.41 Å². The van der Waals surface area contributed by atoms with Gasteiger partial charge in [-0.15, -0.1) is 0 Å². The second-order valence-electron chi connectivity index (χ2n) is 6.06. The minimum Gasteiger partial charge on any atom is -0.294 e. The maximum atomic E-state index is 12.6. The number of ketones is 1. The maximum Gasteiger partial charge on any atom is 0.416 e. The SMILES string of the molecule is CC(C)(Cc1ccccc1Br)C(=O)c1ccc(C(F)(F)F)cc1. The first-order valence-corrected chi connectivity index (χ1v) is 7.86. The van der Waals surface area contributed by atoms with Crippen molar-refractivity contribution in [3.8, 4) is 0 Å². The van der Waals surface area contributed by atoms with Gasteiger partial charge >= 0.3 is 6.18 Å². The van der Waals surface area contributed by atoms with E-state index in [0.29, 0.717) is 6.42 Å². The maximum absolute atomic E-state index is 12.6. The summed E-state index contributed by atoms with van der Waals surface area (Å²) in [4.78, 5) is 12.6. The first kappa shape index (κ1) is 17.7. The number of alkyl halides is 3. The van der Waals surface area contributed by atoms with Crippen molar-refractivity contribution in [3.63, 3.8) is 0 Å². The number of halogens is 4. The molecule has 0 saturated heterocycles. The fraction of sp³-hybridized carbons (Fsp3) is 0.278. The number of carbonyl (C=O) groups excluding carboxylic acids is 1. The van der Waals surface area contributed by atoms with Gasteiger partial charge < -0.3 is 0 Å². The molecule has 0 aliphatic rings. The first-order valence-electron chi connectivity index (χ1n) is 7.07. The second-order valence-corrected chi connectivity index (χ2v) is 6.91.